The lowest BCUT2D eigenvalue weighted by Gasteiger charge is -2.11. The first-order valence-corrected chi connectivity index (χ1v) is 12.6. The van der Waals surface area contributed by atoms with Gasteiger partial charge in [0.1, 0.15) is 0 Å². The van der Waals surface area contributed by atoms with Crippen LogP contribution in [0.15, 0.2) is 83.9 Å². The summed E-state index contributed by atoms with van der Waals surface area (Å²) in [5.41, 5.74) is 3.37. The molecule has 0 saturated carbocycles. The lowest BCUT2D eigenvalue weighted by molar-refractivity contribution is -0.136. The van der Waals surface area contributed by atoms with Gasteiger partial charge in [0.25, 0.3) is 0 Å². The van der Waals surface area contributed by atoms with Crippen molar-refractivity contribution in [2.24, 2.45) is 0 Å². The smallest absolute Gasteiger partial charge is 0.307 e. The predicted molar refractivity (Wildman–Crippen MR) is 133 cm³/mol. The number of benzene rings is 3. The number of carboxylic acids is 1. The maximum Gasteiger partial charge on any atom is 0.307 e. The molecular formula is C26H23ClN2O4S. The van der Waals surface area contributed by atoms with E-state index < -0.39 is 16.0 Å². The second-order valence-electron chi connectivity index (χ2n) is 7.94. The number of carboxylic acid groups (broad SMARTS) is 1. The molecule has 2 N–H and O–H groups in total. The summed E-state index contributed by atoms with van der Waals surface area (Å²) < 4.78 is 27.9. The highest BCUT2D eigenvalue weighted by molar-refractivity contribution is 7.89. The van der Waals surface area contributed by atoms with E-state index in [2.05, 4.69) is 9.71 Å². The highest BCUT2D eigenvalue weighted by Gasteiger charge is 2.14. The number of carbonyl (C=O) groups is 1. The molecule has 0 aliphatic heterocycles. The van der Waals surface area contributed by atoms with Gasteiger partial charge in [-0.3, -0.25) is 9.78 Å². The van der Waals surface area contributed by atoms with Gasteiger partial charge in [0, 0.05) is 29.6 Å². The monoisotopic (exact) mass is 494 g/mol. The second kappa shape index (κ2) is 10.3. The summed E-state index contributed by atoms with van der Waals surface area (Å²) >= 11 is 5.88. The fourth-order valence-electron chi connectivity index (χ4n) is 3.80. The van der Waals surface area contributed by atoms with Crippen LogP contribution in [0.3, 0.4) is 0 Å². The standard InChI is InChI=1S/C26H23ClN2O4S/c27-21-9-5-18(6-10-21)13-14-29-34(32,33)22-11-7-19(8-12-22)15-25-24-4-2-1-3-23(24)20(17-28-25)16-26(30)31/h1-12,17,29H,13-16H2,(H,30,31). The molecule has 0 aliphatic carbocycles. The molecular weight excluding hydrogens is 472 g/mol. The quantitative estimate of drug-likeness (QED) is 0.353. The summed E-state index contributed by atoms with van der Waals surface area (Å²) in [6.45, 7) is 0.282. The molecule has 4 aromatic rings. The van der Waals surface area contributed by atoms with Crippen LogP contribution in [0.1, 0.15) is 22.4 Å². The predicted octanol–water partition coefficient (Wildman–Crippen LogP) is 4.63. The van der Waals surface area contributed by atoms with Gasteiger partial charge >= 0.3 is 5.97 Å². The molecule has 8 heteroatoms. The van der Waals surface area contributed by atoms with Crippen LogP contribution >= 0.6 is 11.6 Å². The van der Waals surface area contributed by atoms with Gasteiger partial charge in [-0.05, 0) is 52.8 Å². The van der Waals surface area contributed by atoms with E-state index in [1.54, 1.807) is 42.6 Å². The molecule has 0 radical (unpaired) electrons. The van der Waals surface area contributed by atoms with E-state index in [0.717, 1.165) is 27.6 Å². The Morgan fingerprint density at radius 3 is 2.24 bits per heavy atom. The van der Waals surface area contributed by atoms with E-state index >= 15 is 0 Å². The molecule has 6 nitrogen and oxygen atoms in total. The van der Waals surface area contributed by atoms with Gasteiger partial charge in [0.2, 0.25) is 10.0 Å². The van der Waals surface area contributed by atoms with Crippen molar-refractivity contribution in [1.82, 2.24) is 9.71 Å². The lowest BCUT2D eigenvalue weighted by Crippen LogP contribution is -2.26. The average molecular weight is 495 g/mol. The van der Waals surface area contributed by atoms with Gasteiger partial charge in [-0.1, -0.05) is 60.1 Å². The Morgan fingerprint density at radius 1 is 0.912 bits per heavy atom. The minimum Gasteiger partial charge on any atom is -0.481 e. The molecule has 3 aromatic carbocycles. The van der Waals surface area contributed by atoms with E-state index in [1.165, 1.54) is 0 Å². The summed E-state index contributed by atoms with van der Waals surface area (Å²) in [5.74, 6) is -0.904. The number of fused-ring (bicyclic) bond motifs is 1. The van der Waals surface area contributed by atoms with Crippen molar-refractivity contribution in [3.05, 3.63) is 106 Å². The number of nitrogens with one attached hydrogen (secondary N) is 1. The third-order valence-electron chi connectivity index (χ3n) is 5.53. The number of pyridine rings is 1. The zero-order chi connectivity index (χ0) is 24.1. The molecule has 0 spiro atoms. The van der Waals surface area contributed by atoms with Crippen molar-refractivity contribution in [3.63, 3.8) is 0 Å². The van der Waals surface area contributed by atoms with E-state index in [-0.39, 0.29) is 17.9 Å². The maximum absolute atomic E-state index is 12.7. The highest BCUT2D eigenvalue weighted by Crippen LogP contribution is 2.24. The van der Waals surface area contributed by atoms with Crippen molar-refractivity contribution in [1.29, 1.82) is 0 Å². The summed E-state index contributed by atoms with van der Waals surface area (Å²) in [6.07, 6.45) is 2.57. The number of aliphatic carboxylic acids is 1. The van der Waals surface area contributed by atoms with Crippen LogP contribution < -0.4 is 4.72 Å². The molecule has 4 rings (SSSR count). The Hall–Kier alpha value is -3.26. The fourth-order valence-corrected chi connectivity index (χ4v) is 4.96. The maximum atomic E-state index is 12.7. The molecule has 0 fully saturated rings. The van der Waals surface area contributed by atoms with Crippen molar-refractivity contribution < 1.29 is 18.3 Å². The molecule has 1 aromatic heterocycles. The van der Waals surface area contributed by atoms with Gasteiger partial charge in [-0.2, -0.15) is 0 Å². The van der Waals surface area contributed by atoms with Crippen LogP contribution in [0.5, 0.6) is 0 Å². The zero-order valence-corrected chi connectivity index (χ0v) is 19.8. The molecule has 0 aliphatic rings. The molecule has 34 heavy (non-hydrogen) atoms. The Balaban J connectivity index is 1.46. The van der Waals surface area contributed by atoms with E-state index in [4.69, 9.17) is 16.7 Å². The Kier molecular flexibility index (Phi) is 7.26. The summed E-state index contributed by atoms with van der Waals surface area (Å²) in [6, 6.07) is 21.6. The number of halogens is 1. The number of hydrogen-bond acceptors (Lipinski definition) is 4. The summed E-state index contributed by atoms with van der Waals surface area (Å²) in [4.78, 5) is 15.9. The van der Waals surface area contributed by atoms with E-state index in [0.29, 0.717) is 23.4 Å². The number of nitrogens with zero attached hydrogens (tertiary/aromatic N) is 1. The van der Waals surface area contributed by atoms with Crippen molar-refractivity contribution >= 4 is 38.4 Å². The van der Waals surface area contributed by atoms with Crippen LogP contribution in [0.2, 0.25) is 5.02 Å². The Labute approximate surface area is 203 Å². The normalized spacial score (nSPS) is 11.6. The molecule has 0 amide bonds. The first kappa shape index (κ1) is 23.9. The van der Waals surface area contributed by atoms with Crippen LogP contribution in [0, 0.1) is 0 Å². The van der Waals surface area contributed by atoms with Gasteiger partial charge in [-0.25, -0.2) is 13.1 Å². The van der Waals surface area contributed by atoms with Gasteiger partial charge in [-0.15, -0.1) is 0 Å². The van der Waals surface area contributed by atoms with Crippen LogP contribution in [-0.2, 0) is 34.1 Å². The molecule has 0 saturated heterocycles. The van der Waals surface area contributed by atoms with Crippen LogP contribution in [0.25, 0.3) is 10.8 Å². The first-order valence-electron chi connectivity index (χ1n) is 10.7. The minimum absolute atomic E-state index is 0.0919. The first-order chi connectivity index (χ1) is 16.3. The number of aromatic nitrogens is 1. The number of sulfonamides is 1. The molecule has 1 heterocycles. The lowest BCUT2D eigenvalue weighted by atomic mass is 9.99. The van der Waals surface area contributed by atoms with Gasteiger partial charge < -0.3 is 5.11 Å². The van der Waals surface area contributed by atoms with Gasteiger partial charge in [0.05, 0.1) is 17.0 Å². The van der Waals surface area contributed by atoms with Crippen LogP contribution in [-0.4, -0.2) is 31.0 Å². The topological polar surface area (TPSA) is 96.4 Å². The Bertz CT molecular complexity index is 1420. The molecule has 0 atom stereocenters. The van der Waals surface area contributed by atoms with Crippen molar-refractivity contribution in [3.8, 4) is 0 Å². The average Bonchev–Trinajstić information content (AvgIpc) is 2.82. The van der Waals surface area contributed by atoms with Crippen molar-refractivity contribution in [2.45, 2.75) is 24.2 Å². The number of hydrogen-bond donors (Lipinski definition) is 2. The molecule has 0 unspecified atom stereocenters. The second-order valence-corrected chi connectivity index (χ2v) is 10.1. The SMILES string of the molecule is O=C(O)Cc1cnc(Cc2ccc(S(=O)(=O)NCCc3ccc(Cl)cc3)cc2)c2ccccc12. The summed E-state index contributed by atoms with van der Waals surface area (Å²) in [7, 11) is -3.63. The molecule has 174 valence electrons. The molecule has 0 bridgehead atoms. The number of rotatable bonds is 9. The van der Waals surface area contributed by atoms with Crippen LogP contribution in [0.4, 0.5) is 0 Å². The zero-order valence-electron chi connectivity index (χ0n) is 18.2. The van der Waals surface area contributed by atoms with E-state index in [1.807, 2.05) is 36.4 Å². The fraction of sp³-hybridized carbons (Fsp3) is 0.154. The summed E-state index contributed by atoms with van der Waals surface area (Å²) in [5, 5.41) is 11.6. The Morgan fingerprint density at radius 2 is 1.56 bits per heavy atom. The van der Waals surface area contributed by atoms with E-state index in [9.17, 15) is 13.2 Å². The highest BCUT2D eigenvalue weighted by atomic mass is 35.5. The third kappa shape index (κ3) is 5.80. The largest absolute Gasteiger partial charge is 0.481 e. The van der Waals surface area contributed by atoms with Gasteiger partial charge in [0.15, 0.2) is 0 Å². The van der Waals surface area contributed by atoms with Crippen molar-refractivity contribution in [2.75, 3.05) is 6.54 Å². The minimum atomic E-state index is -3.63. The third-order valence-corrected chi connectivity index (χ3v) is 7.25.